The number of benzene rings is 25. The molecule has 0 saturated carbocycles. The molecule has 5 aromatic heterocycles. The summed E-state index contributed by atoms with van der Waals surface area (Å²) in [6, 6.07) is 164. The van der Waals surface area contributed by atoms with Crippen LogP contribution in [0.5, 0.6) is 0 Å². The van der Waals surface area contributed by atoms with Gasteiger partial charge in [-0.15, -0.1) is 0 Å². The molecule has 0 spiro atoms. The van der Waals surface area contributed by atoms with Crippen molar-refractivity contribution in [2.45, 2.75) is 0 Å². The Labute approximate surface area is 818 Å². The average Bonchev–Trinajstić information content (AvgIpc) is 1.43. The Morgan fingerprint density at radius 3 is 1.16 bits per heavy atom. The van der Waals surface area contributed by atoms with E-state index in [0.717, 1.165) is 132 Å². The molecule has 0 fully saturated rings. The quantitative estimate of drug-likeness (QED) is 0.130. The Kier molecular flexibility index (Phi) is 18.6. The molecule has 25 aromatic carbocycles. The van der Waals surface area contributed by atoms with Crippen molar-refractivity contribution in [1.29, 1.82) is 0 Å². The number of rotatable bonds is 9. The minimum atomic E-state index is 0.532. The van der Waals surface area contributed by atoms with Crippen LogP contribution in [0.25, 0.3) is 308 Å². The summed E-state index contributed by atoms with van der Waals surface area (Å²) in [7, 11) is 0. The van der Waals surface area contributed by atoms with Gasteiger partial charge < -0.3 is 13.3 Å². The molecule has 0 unspecified atom stereocenters. The van der Waals surface area contributed by atoms with Crippen LogP contribution in [-0.4, -0.2) is 29.9 Å². The highest BCUT2D eigenvalue weighted by Gasteiger charge is 2.27. The number of nitrogens with zero attached hydrogens (tertiary/aromatic N) is 6. The number of hydrogen-bond donors (Lipinski definition) is 0. The number of aromatic nitrogens is 6. The maximum Gasteiger partial charge on any atom is 0.246 e. The van der Waals surface area contributed by atoms with Crippen LogP contribution in [0, 0.1) is 0 Å². The van der Waals surface area contributed by atoms with Gasteiger partial charge in [0.25, 0.3) is 0 Å². The van der Waals surface area contributed by atoms with E-state index in [4.69, 9.17) is 38.2 Å². The van der Waals surface area contributed by atoms with Crippen molar-refractivity contribution in [2.24, 2.45) is 0 Å². The van der Waals surface area contributed by atoms with Crippen molar-refractivity contribution in [3.63, 3.8) is 0 Å². The van der Waals surface area contributed by atoms with E-state index in [1.54, 1.807) is 6.20 Å². The maximum absolute atomic E-state index is 6.53. The number of pyridine rings is 1. The smallest absolute Gasteiger partial charge is 0.246 e. The topological polar surface area (TPSA) is 117 Å². The van der Waals surface area contributed by atoms with Crippen LogP contribution in [0.3, 0.4) is 0 Å². The summed E-state index contributed by atoms with van der Waals surface area (Å²) < 4.78 is 19.4. The van der Waals surface area contributed by atoms with E-state index < -0.39 is 0 Å². The van der Waals surface area contributed by atoms with Crippen LogP contribution in [0.15, 0.2) is 487 Å². The highest BCUT2D eigenvalue weighted by atomic mass is 16.4. The molecule has 0 amide bonds. The van der Waals surface area contributed by atoms with Gasteiger partial charge in [0.05, 0.1) is 5.69 Å². The molecule has 5 heterocycles. The van der Waals surface area contributed by atoms with Crippen LogP contribution < -0.4 is 0 Å². The maximum atomic E-state index is 6.53. The lowest BCUT2D eigenvalue weighted by Gasteiger charge is -2.15. The summed E-state index contributed by atoms with van der Waals surface area (Å²) in [4.78, 5) is 28.8. The first-order valence-corrected chi connectivity index (χ1v) is 48.5. The van der Waals surface area contributed by atoms with Gasteiger partial charge in [-0.05, 0) is 311 Å². The summed E-state index contributed by atoms with van der Waals surface area (Å²) in [5.74, 6) is 2.47. The molecule has 0 atom stereocenters. The molecule has 0 radical (unpaired) electrons. The third-order valence-corrected chi connectivity index (χ3v) is 29.3. The highest BCUT2D eigenvalue weighted by Crippen LogP contribution is 2.52. The van der Waals surface area contributed by atoms with Crippen LogP contribution >= 0.6 is 0 Å². The van der Waals surface area contributed by atoms with Crippen LogP contribution in [0.4, 0.5) is 0 Å². The summed E-state index contributed by atoms with van der Waals surface area (Å²) >= 11 is 0. The molecule has 143 heavy (non-hydrogen) atoms. The van der Waals surface area contributed by atoms with Gasteiger partial charge in [0.15, 0.2) is 22.6 Å². The summed E-state index contributed by atoms with van der Waals surface area (Å²) in [5, 5.41) is 33.7. The molecular weight excluding hydrogens is 1740 g/mol. The van der Waals surface area contributed by atoms with Crippen LogP contribution in [-0.2, 0) is 0 Å². The van der Waals surface area contributed by atoms with Crippen LogP contribution in [0.1, 0.15) is 0 Å². The normalized spacial score (nSPS) is 11.9. The predicted molar refractivity (Wildman–Crippen MR) is 594 cm³/mol. The van der Waals surface area contributed by atoms with E-state index in [1.165, 1.54) is 153 Å². The Morgan fingerprint density at radius 2 is 0.545 bits per heavy atom. The Bertz CT molecular complexity index is 10500. The fourth-order valence-electron chi connectivity index (χ4n) is 22.5. The second kappa shape index (κ2) is 32.8. The minimum Gasteiger partial charge on any atom is -0.435 e. The van der Waals surface area contributed by atoms with Crippen molar-refractivity contribution < 1.29 is 13.3 Å². The van der Waals surface area contributed by atoms with E-state index in [-0.39, 0.29) is 0 Å². The second-order valence-corrected chi connectivity index (χ2v) is 37.3. The van der Waals surface area contributed by atoms with Gasteiger partial charge in [-0.3, -0.25) is 4.98 Å². The zero-order chi connectivity index (χ0) is 93.8. The molecule has 9 nitrogen and oxygen atoms in total. The van der Waals surface area contributed by atoms with Gasteiger partial charge in [-0.1, -0.05) is 352 Å². The first kappa shape index (κ1) is 81.0. The first-order valence-electron chi connectivity index (χ1n) is 48.5. The molecule has 0 bridgehead atoms. The lowest BCUT2D eigenvalue weighted by atomic mass is 9.88. The largest absolute Gasteiger partial charge is 0.435 e. The van der Waals surface area contributed by atoms with E-state index in [9.17, 15) is 0 Å². The van der Waals surface area contributed by atoms with Crippen molar-refractivity contribution in [1.82, 2.24) is 29.9 Å². The molecule has 30 aromatic rings. The van der Waals surface area contributed by atoms with Gasteiger partial charge >= 0.3 is 0 Å². The number of oxazole rings is 3. The fourth-order valence-corrected chi connectivity index (χ4v) is 22.5. The van der Waals surface area contributed by atoms with E-state index in [2.05, 4.69) is 369 Å². The molecule has 9 heteroatoms. The molecule has 0 saturated heterocycles. The van der Waals surface area contributed by atoms with Crippen molar-refractivity contribution in [2.75, 3.05) is 0 Å². The fraction of sp³-hybridized carbons (Fsp3) is 0. The molecule has 0 aliphatic heterocycles. The zero-order valence-electron chi connectivity index (χ0n) is 76.9. The monoisotopic (exact) mass is 1820 g/mol. The number of hydrogen-bond acceptors (Lipinski definition) is 9. The standard InChI is InChI=1S/C47H27NO.C44H26N2O.C43H25N3O/c1-2-9-30(10-3-1)47-48-43-24-21-29-19-17-28-18-20-31(26-41(28)44(29)46(43)49-47)33-25-32-11-4-5-12-34(32)42(27-33)37-22-23-40-36-14-7-6-13-35(36)38-15-8-16-39(37)45(38)40;1-2-11-33-27(8-1)19-21-36-34-12-3-4-13-35(34)37(26-39(33)36)32-10-7-9-30(24-32)31-18-16-28-15-17-29-20-22-40-43(42(29)38(28)25-31)47-44(46-40)41-14-5-6-23-45-41;1-2-8-28(9-3-1)43-46-39-21-19-27-16-14-26-15-17-30(25-36(26)40(27)41(39)47-43)42-44-23-22-38(45-42)29-18-20-35-33-12-5-4-10-31(33)32-11-6-7-13-34(32)37(35)24-29/h1-27H;1-26H;1-25H. The predicted octanol–water partition coefficient (Wildman–Crippen LogP) is 36.5. The van der Waals surface area contributed by atoms with E-state index in [0.29, 0.717) is 23.5 Å². The zero-order valence-corrected chi connectivity index (χ0v) is 76.9. The lowest BCUT2D eigenvalue weighted by molar-refractivity contribution is 0.620. The van der Waals surface area contributed by atoms with Gasteiger partial charge in [-0.2, -0.15) is 0 Å². The van der Waals surface area contributed by atoms with Gasteiger partial charge in [0.1, 0.15) is 22.2 Å². The van der Waals surface area contributed by atoms with Crippen molar-refractivity contribution in [3.05, 3.63) is 473 Å². The number of fused-ring (bicyclic) bond motifs is 30. The second-order valence-electron chi connectivity index (χ2n) is 37.3. The summed E-state index contributed by atoms with van der Waals surface area (Å²) in [6.45, 7) is 0. The first-order chi connectivity index (χ1) is 70.8. The van der Waals surface area contributed by atoms with E-state index >= 15 is 0 Å². The Hall–Kier alpha value is -19.2. The molecule has 0 N–H and O–H groups in total. The van der Waals surface area contributed by atoms with Gasteiger partial charge in [0, 0.05) is 50.8 Å². The third-order valence-electron chi connectivity index (χ3n) is 29.3. The SMILES string of the molecule is c1ccc(-c2nc3ccc4ccc5ccc(-c6cc(-c7ccc8c9c(cccc79)-c7ccccc7-8)c7ccccc7c6)cc5c4c3o2)cc1.c1ccc(-c2nc3ccc4ccc5ccc(-c6cccc(-c7cc8c9ccccc9ccc8c8ccccc78)c6)cc5c4c3o2)nc1.c1ccc(-c2nc3ccc4ccc5ccc(-c6nccc(-c7ccc8c9ccccc9c9ccccc9c8c7)n6)cc5c4c3o2)cc1. The molecule has 1 aliphatic carbocycles. The van der Waals surface area contributed by atoms with E-state index in [1.807, 2.05) is 103 Å². The third kappa shape index (κ3) is 13.5. The van der Waals surface area contributed by atoms with Crippen molar-refractivity contribution >= 4 is 184 Å². The summed E-state index contributed by atoms with van der Waals surface area (Å²) in [6.07, 6.45) is 3.62. The highest BCUT2D eigenvalue weighted by molar-refractivity contribution is 6.28. The molecule has 31 rings (SSSR count). The average molecular weight is 1820 g/mol. The molecule has 1 aliphatic rings. The Morgan fingerprint density at radius 1 is 0.147 bits per heavy atom. The van der Waals surface area contributed by atoms with Crippen LogP contribution in [0.2, 0.25) is 0 Å². The van der Waals surface area contributed by atoms with Gasteiger partial charge in [0.2, 0.25) is 17.7 Å². The Balaban J connectivity index is 0.000000102. The summed E-state index contributed by atoms with van der Waals surface area (Å²) in [5.41, 5.74) is 25.4. The minimum absolute atomic E-state index is 0.532. The van der Waals surface area contributed by atoms with Gasteiger partial charge in [-0.25, -0.2) is 24.9 Å². The lowest BCUT2D eigenvalue weighted by Crippen LogP contribution is -1.92. The molecular formula is C134H78N6O3. The molecule has 662 valence electrons. The van der Waals surface area contributed by atoms with Crippen molar-refractivity contribution in [3.8, 4) is 124 Å².